The minimum Gasteiger partial charge on any atom is -0.444 e. The highest BCUT2D eigenvalue weighted by Crippen LogP contribution is 2.28. The Morgan fingerprint density at radius 1 is 1.36 bits per heavy atom. The van der Waals surface area contributed by atoms with E-state index in [2.05, 4.69) is 27.5 Å². The standard InChI is InChI=1S/C19H32N4O2/c1-12-16(11-20-14(3)22-12)13(2)23-17-9-7-8-15(17)10-21-18(24)25-19(4,5)6/h11,13,15,17,23H,7-10H2,1-6H3,(H,21,24)/t13-,15+,17+/m0/s1. The summed E-state index contributed by atoms with van der Waals surface area (Å²) in [6.07, 6.45) is 4.99. The molecule has 1 fully saturated rings. The van der Waals surface area contributed by atoms with E-state index >= 15 is 0 Å². The maximum Gasteiger partial charge on any atom is 0.407 e. The second-order valence-electron chi connectivity index (χ2n) is 8.03. The molecule has 0 aromatic carbocycles. The second kappa shape index (κ2) is 8.13. The van der Waals surface area contributed by atoms with Crippen molar-refractivity contribution in [3.05, 3.63) is 23.3 Å². The molecular formula is C19H32N4O2. The number of carbonyl (C=O) groups is 1. The molecule has 0 radical (unpaired) electrons. The minimum atomic E-state index is -0.463. The predicted molar refractivity (Wildman–Crippen MR) is 98.4 cm³/mol. The Kier molecular flexibility index (Phi) is 6.38. The Morgan fingerprint density at radius 3 is 2.72 bits per heavy atom. The van der Waals surface area contributed by atoms with E-state index in [0.29, 0.717) is 18.5 Å². The summed E-state index contributed by atoms with van der Waals surface area (Å²) >= 11 is 0. The number of carbonyl (C=O) groups excluding carboxylic acids is 1. The van der Waals surface area contributed by atoms with Crippen LogP contribution in [0.4, 0.5) is 4.79 Å². The quantitative estimate of drug-likeness (QED) is 0.852. The third-order valence-electron chi connectivity index (χ3n) is 4.63. The maximum absolute atomic E-state index is 11.9. The van der Waals surface area contributed by atoms with E-state index in [0.717, 1.165) is 29.9 Å². The van der Waals surface area contributed by atoms with Crippen molar-refractivity contribution in [2.75, 3.05) is 6.54 Å². The topological polar surface area (TPSA) is 76.1 Å². The molecule has 2 rings (SSSR count). The van der Waals surface area contributed by atoms with Gasteiger partial charge in [-0.3, -0.25) is 0 Å². The zero-order valence-electron chi connectivity index (χ0n) is 16.3. The average molecular weight is 348 g/mol. The van der Waals surface area contributed by atoms with E-state index in [1.165, 1.54) is 6.42 Å². The van der Waals surface area contributed by atoms with Gasteiger partial charge < -0.3 is 15.4 Å². The number of hydrogen-bond donors (Lipinski definition) is 2. The van der Waals surface area contributed by atoms with E-state index in [-0.39, 0.29) is 12.1 Å². The van der Waals surface area contributed by atoms with E-state index in [9.17, 15) is 4.79 Å². The van der Waals surface area contributed by atoms with Crippen LogP contribution in [0.2, 0.25) is 0 Å². The molecule has 1 heterocycles. The molecule has 1 aromatic heterocycles. The molecular weight excluding hydrogens is 316 g/mol. The summed E-state index contributed by atoms with van der Waals surface area (Å²) in [5.74, 6) is 1.22. The molecule has 2 N–H and O–H groups in total. The van der Waals surface area contributed by atoms with Gasteiger partial charge in [-0.2, -0.15) is 0 Å². The first-order chi connectivity index (χ1) is 11.7. The summed E-state index contributed by atoms with van der Waals surface area (Å²) in [6, 6.07) is 0.568. The third-order valence-corrected chi connectivity index (χ3v) is 4.63. The van der Waals surface area contributed by atoms with E-state index in [1.54, 1.807) is 0 Å². The molecule has 3 atom stereocenters. The van der Waals surface area contributed by atoms with Gasteiger partial charge in [0.2, 0.25) is 0 Å². The summed E-state index contributed by atoms with van der Waals surface area (Å²) < 4.78 is 5.32. The number of nitrogens with zero attached hydrogens (tertiary/aromatic N) is 2. The number of nitrogens with one attached hydrogen (secondary N) is 2. The number of ether oxygens (including phenoxy) is 1. The van der Waals surface area contributed by atoms with E-state index < -0.39 is 5.60 Å². The van der Waals surface area contributed by atoms with Crippen molar-refractivity contribution in [1.29, 1.82) is 0 Å². The Labute approximate surface area is 151 Å². The van der Waals surface area contributed by atoms with Gasteiger partial charge in [0, 0.05) is 36.1 Å². The Hall–Kier alpha value is -1.69. The van der Waals surface area contributed by atoms with Gasteiger partial charge in [0.05, 0.1) is 0 Å². The number of aromatic nitrogens is 2. The van der Waals surface area contributed by atoms with Crippen molar-refractivity contribution in [3.8, 4) is 0 Å². The smallest absolute Gasteiger partial charge is 0.407 e. The molecule has 0 unspecified atom stereocenters. The molecule has 1 amide bonds. The first kappa shape index (κ1) is 19.6. The van der Waals surface area contributed by atoms with Crippen molar-refractivity contribution in [2.24, 2.45) is 5.92 Å². The zero-order valence-corrected chi connectivity index (χ0v) is 16.3. The van der Waals surface area contributed by atoms with Crippen LogP contribution in [0.25, 0.3) is 0 Å². The third kappa shape index (κ3) is 5.96. The fraction of sp³-hybridized carbons (Fsp3) is 0.737. The molecule has 140 valence electrons. The first-order valence-electron chi connectivity index (χ1n) is 9.19. The molecule has 6 nitrogen and oxygen atoms in total. The zero-order chi connectivity index (χ0) is 18.6. The summed E-state index contributed by atoms with van der Waals surface area (Å²) in [7, 11) is 0. The summed E-state index contributed by atoms with van der Waals surface area (Å²) in [5, 5.41) is 6.62. The van der Waals surface area contributed by atoms with Crippen LogP contribution in [-0.2, 0) is 4.74 Å². The maximum atomic E-state index is 11.9. The van der Waals surface area contributed by atoms with Crippen molar-refractivity contribution < 1.29 is 9.53 Å². The van der Waals surface area contributed by atoms with Gasteiger partial charge in [0.1, 0.15) is 11.4 Å². The highest BCUT2D eigenvalue weighted by atomic mass is 16.6. The lowest BCUT2D eigenvalue weighted by Gasteiger charge is -2.26. The molecule has 0 bridgehead atoms. The average Bonchev–Trinajstić information content (AvgIpc) is 2.90. The molecule has 25 heavy (non-hydrogen) atoms. The molecule has 0 saturated heterocycles. The lowest BCUT2D eigenvalue weighted by molar-refractivity contribution is 0.0517. The van der Waals surface area contributed by atoms with Crippen LogP contribution < -0.4 is 10.6 Å². The molecule has 1 saturated carbocycles. The number of alkyl carbamates (subject to hydrolysis) is 1. The SMILES string of the molecule is Cc1ncc([C@H](C)N[C@@H]2CCC[C@@H]2CNC(=O)OC(C)(C)C)c(C)n1. The van der Waals surface area contributed by atoms with Crippen LogP contribution in [0.15, 0.2) is 6.20 Å². The highest BCUT2D eigenvalue weighted by Gasteiger charge is 2.29. The lowest BCUT2D eigenvalue weighted by atomic mass is 10.0. The number of rotatable bonds is 5. The van der Waals surface area contributed by atoms with Gasteiger partial charge in [-0.25, -0.2) is 14.8 Å². The molecule has 1 aromatic rings. The number of hydrogen-bond acceptors (Lipinski definition) is 5. The fourth-order valence-electron chi connectivity index (χ4n) is 3.46. The number of aryl methyl sites for hydroxylation is 2. The van der Waals surface area contributed by atoms with Crippen LogP contribution in [0.1, 0.15) is 70.1 Å². The fourth-order valence-corrected chi connectivity index (χ4v) is 3.46. The van der Waals surface area contributed by atoms with Gasteiger partial charge in [-0.15, -0.1) is 0 Å². The summed E-state index contributed by atoms with van der Waals surface area (Å²) in [6.45, 7) is 12.4. The van der Waals surface area contributed by atoms with Crippen molar-refractivity contribution in [2.45, 2.75) is 78.5 Å². The van der Waals surface area contributed by atoms with E-state index in [4.69, 9.17) is 4.74 Å². The van der Waals surface area contributed by atoms with Gasteiger partial charge >= 0.3 is 6.09 Å². The monoisotopic (exact) mass is 348 g/mol. The molecule has 0 spiro atoms. The van der Waals surface area contributed by atoms with Crippen LogP contribution in [0, 0.1) is 19.8 Å². The lowest BCUT2D eigenvalue weighted by Crippen LogP contribution is -2.41. The van der Waals surface area contributed by atoms with Crippen LogP contribution >= 0.6 is 0 Å². The molecule has 1 aliphatic rings. The molecule has 0 aliphatic heterocycles. The van der Waals surface area contributed by atoms with Crippen molar-refractivity contribution >= 4 is 6.09 Å². The summed E-state index contributed by atoms with van der Waals surface area (Å²) in [5.41, 5.74) is 1.69. The number of amides is 1. The van der Waals surface area contributed by atoms with E-state index in [1.807, 2.05) is 40.8 Å². The van der Waals surface area contributed by atoms with Gasteiger partial charge in [0.25, 0.3) is 0 Å². The van der Waals surface area contributed by atoms with Gasteiger partial charge in [-0.05, 0) is 60.3 Å². The minimum absolute atomic E-state index is 0.188. The van der Waals surface area contributed by atoms with Crippen LogP contribution in [0.3, 0.4) is 0 Å². The van der Waals surface area contributed by atoms with Gasteiger partial charge in [0.15, 0.2) is 0 Å². The van der Waals surface area contributed by atoms with Crippen LogP contribution in [-0.4, -0.2) is 34.2 Å². The second-order valence-corrected chi connectivity index (χ2v) is 8.03. The predicted octanol–water partition coefficient (Wildman–Crippen LogP) is 3.44. The normalized spacial score (nSPS) is 21.8. The highest BCUT2D eigenvalue weighted by molar-refractivity contribution is 5.67. The Bertz CT molecular complexity index is 598. The van der Waals surface area contributed by atoms with Crippen LogP contribution in [0.5, 0.6) is 0 Å². The summed E-state index contributed by atoms with van der Waals surface area (Å²) in [4.78, 5) is 20.7. The largest absolute Gasteiger partial charge is 0.444 e. The first-order valence-corrected chi connectivity index (χ1v) is 9.19. The molecule has 6 heteroatoms. The van der Waals surface area contributed by atoms with Gasteiger partial charge in [-0.1, -0.05) is 6.42 Å². The Balaban J connectivity index is 1.89. The van der Waals surface area contributed by atoms with Crippen molar-refractivity contribution in [3.63, 3.8) is 0 Å². The molecule has 1 aliphatic carbocycles. The Morgan fingerprint density at radius 2 is 2.08 bits per heavy atom. The van der Waals surface area contributed by atoms with Crippen molar-refractivity contribution in [1.82, 2.24) is 20.6 Å².